The van der Waals surface area contributed by atoms with E-state index in [0.717, 1.165) is 9.35 Å². The molecule has 1 heterocycles. The Morgan fingerprint density at radius 2 is 2.05 bits per heavy atom. The second-order valence-electron chi connectivity index (χ2n) is 4.92. The third-order valence-electron chi connectivity index (χ3n) is 3.46. The number of aliphatic carboxylic acids is 1. The number of hydrogen-bond acceptors (Lipinski definition) is 3. The SMILES string of the molecule is CN(Cc1cc(Br)cs1)C(=O)C1CC=CCC1C(=O)O. The van der Waals surface area contributed by atoms with E-state index in [1.807, 2.05) is 23.6 Å². The molecule has 108 valence electrons. The van der Waals surface area contributed by atoms with Crippen LogP contribution in [-0.2, 0) is 16.1 Å². The van der Waals surface area contributed by atoms with Gasteiger partial charge in [0.2, 0.25) is 5.91 Å². The van der Waals surface area contributed by atoms with Gasteiger partial charge in [0.25, 0.3) is 0 Å². The van der Waals surface area contributed by atoms with E-state index in [2.05, 4.69) is 15.9 Å². The average molecular weight is 358 g/mol. The Kier molecular flexibility index (Phi) is 4.99. The van der Waals surface area contributed by atoms with Crippen molar-refractivity contribution >= 4 is 39.1 Å². The zero-order chi connectivity index (χ0) is 14.7. The Morgan fingerprint density at radius 1 is 1.40 bits per heavy atom. The molecule has 0 aromatic carbocycles. The number of amides is 1. The molecule has 1 aromatic rings. The van der Waals surface area contributed by atoms with E-state index in [0.29, 0.717) is 19.4 Å². The molecule has 0 bridgehead atoms. The van der Waals surface area contributed by atoms with E-state index in [-0.39, 0.29) is 5.91 Å². The molecule has 0 radical (unpaired) electrons. The minimum atomic E-state index is -0.889. The number of thiophene rings is 1. The second kappa shape index (κ2) is 6.54. The highest BCUT2D eigenvalue weighted by Crippen LogP contribution is 2.28. The number of allylic oxidation sites excluding steroid dienone is 2. The lowest BCUT2D eigenvalue weighted by atomic mass is 9.82. The van der Waals surface area contributed by atoms with Crippen LogP contribution in [0.2, 0.25) is 0 Å². The van der Waals surface area contributed by atoms with Crippen molar-refractivity contribution in [2.24, 2.45) is 11.8 Å². The van der Waals surface area contributed by atoms with Gasteiger partial charge in [-0.1, -0.05) is 12.2 Å². The highest BCUT2D eigenvalue weighted by molar-refractivity contribution is 9.10. The standard InChI is InChI=1S/C14H16BrNO3S/c1-16(7-10-6-9(15)8-20-10)13(17)11-4-2-3-5-12(11)14(18)19/h2-3,6,8,11-12H,4-5,7H2,1H3,(H,18,19). The largest absolute Gasteiger partial charge is 0.481 e. The number of nitrogens with zero attached hydrogens (tertiary/aromatic N) is 1. The maximum Gasteiger partial charge on any atom is 0.307 e. The molecule has 2 rings (SSSR count). The van der Waals surface area contributed by atoms with Crippen molar-refractivity contribution in [3.05, 3.63) is 32.9 Å². The fourth-order valence-corrected chi connectivity index (χ4v) is 3.89. The Hall–Kier alpha value is -1.14. The van der Waals surface area contributed by atoms with Crippen molar-refractivity contribution in [2.75, 3.05) is 7.05 Å². The first-order chi connectivity index (χ1) is 9.49. The van der Waals surface area contributed by atoms with Crippen molar-refractivity contribution in [2.45, 2.75) is 19.4 Å². The molecule has 0 aliphatic heterocycles. The van der Waals surface area contributed by atoms with E-state index in [1.165, 1.54) is 0 Å². The topological polar surface area (TPSA) is 57.6 Å². The summed E-state index contributed by atoms with van der Waals surface area (Å²) in [7, 11) is 1.73. The number of rotatable bonds is 4. The lowest BCUT2D eigenvalue weighted by Gasteiger charge is -2.28. The molecule has 1 aliphatic rings. The summed E-state index contributed by atoms with van der Waals surface area (Å²) < 4.78 is 1.00. The summed E-state index contributed by atoms with van der Waals surface area (Å²) in [6.45, 7) is 0.516. The molecule has 0 fully saturated rings. The molecule has 1 aromatic heterocycles. The minimum absolute atomic E-state index is 0.0914. The molecule has 20 heavy (non-hydrogen) atoms. The fraction of sp³-hybridized carbons (Fsp3) is 0.429. The molecule has 2 unspecified atom stereocenters. The Morgan fingerprint density at radius 3 is 2.60 bits per heavy atom. The van der Waals surface area contributed by atoms with Gasteiger partial charge in [0.1, 0.15) is 0 Å². The molecule has 0 spiro atoms. The van der Waals surface area contributed by atoms with Crippen molar-refractivity contribution in [1.29, 1.82) is 0 Å². The average Bonchev–Trinajstić information content (AvgIpc) is 2.83. The molecule has 4 nitrogen and oxygen atoms in total. The first-order valence-corrected chi connectivity index (χ1v) is 8.02. The van der Waals surface area contributed by atoms with Crippen LogP contribution in [0.5, 0.6) is 0 Å². The van der Waals surface area contributed by atoms with E-state index in [1.54, 1.807) is 23.3 Å². The monoisotopic (exact) mass is 357 g/mol. The Labute approximate surface area is 130 Å². The summed E-state index contributed by atoms with van der Waals surface area (Å²) in [6, 6.07) is 1.98. The lowest BCUT2D eigenvalue weighted by Crippen LogP contribution is -2.39. The van der Waals surface area contributed by atoms with Gasteiger partial charge in [-0.2, -0.15) is 0 Å². The summed E-state index contributed by atoms with van der Waals surface area (Å²) in [5, 5.41) is 11.2. The summed E-state index contributed by atoms with van der Waals surface area (Å²) in [5.74, 6) is -2.04. The Balaban J connectivity index is 2.05. The van der Waals surface area contributed by atoms with Crippen LogP contribution in [0.4, 0.5) is 0 Å². The Bertz CT molecular complexity index is 540. The van der Waals surface area contributed by atoms with Crippen molar-refractivity contribution in [3.8, 4) is 0 Å². The third-order valence-corrected chi connectivity index (χ3v) is 5.14. The van der Waals surface area contributed by atoms with Crippen LogP contribution in [0.15, 0.2) is 28.1 Å². The van der Waals surface area contributed by atoms with Gasteiger partial charge in [-0.25, -0.2) is 0 Å². The molecule has 2 atom stereocenters. The van der Waals surface area contributed by atoms with E-state index >= 15 is 0 Å². The van der Waals surface area contributed by atoms with Crippen LogP contribution >= 0.6 is 27.3 Å². The van der Waals surface area contributed by atoms with Gasteiger partial charge in [0, 0.05) is 21.8 Å². The summed E-state index contributed by atoms with van der Waals surface area (Å²) in [6.07, 6.45) is 4.69. The van der Waals surface area contributed by atoms with Crippen molar-refractivity contribution < 1.29 is 14.7 Å². The van der Waals surface area contributed by atoms with Gasteiger partial charge in [0.15, 0.2) is 0 Å². The third kappa shape index (κ3) is 3.49. The number of carbonyl (C=O) groups excluding carboxylic acids is 1. The maximum atomic E-state index is 12.4. The molecule has 6 heteroatoms. The second-order valence-corrected chi connectivity index (χ2v) is 6.83. The number of halogens is 1. The molecular formula is C14H16BrNO3S. The van der Waals surface area contributed by atoms with Gasteiger partial charge in [-0.3, -0.25) is 9.59 Å². The van der Waals surface area contributed by atoms with Gasteiger partial charge in [-0.05, 0) is 34.8 Å². The lowest BCUT2D eigenvalue weighted by molar-refractivity contribution is -0.150. The minimum Gasteiger partial charge on any atom is -0.481 e. The molecule has 1 aliphatic carbocycles. The summed E-state index contributed by atoms with van der Waals surface area (Å²) >= 11 is 4.96. The predicted molar refractivity (Wildman–Crippen MR) is 81.5 cm³/mol. The summed E-state index contributed by atoms with van der Waals surface area (Å²) in [4.78, 5) is 26.4. The number of carboxylic acid groups (broad SMARTS) is 1. The molecular weight excluding hydrogens is 342 g/mol. The molecule has 1 N–H and O–H groups in total. The number of hydrogen-bond donors (Lipinski definition) is 1. The zero-order valence-corrected chi connectivity index (χ0v) is 13.5. The van der Waals surface area contributed by atoms with E-state index in [4.69, 9.17) is 0 Å². The van der Waals surface area contributed by atoms with Gasteiger partial charge in [-0.15, -0.1) is 11.3 Å². The fourth-order valence-electron chi connectivity index (χ4n) is 2.39. The highest BCUT2D eigenvalue weighted by Gasteiger charge is 2.35. The molecule has 0 saturated heterocycles. The van der Waals surface area contributed by atoms with Gasteiger partial charge >= 0.3 is 5.97 Å². The maximum absolute atomic E-state index is 12.4. The molecule has 0 saturated carbocycles. The summed E-state index contributed by atoms with van der Waals surface area (Å²) in [5.41, 5.74) is 0. The van der Waals surface area contributed by atoms with E-state index < -0.39 is 17.8 Å². The zero-order valence-electron chi connectivity index (χ0n) is 11.1. The van der Waals surface area contributed by atoms with E-state index in [9.17, 15) is 14.7 Å². The van der Waals surface area contributed by atoms with Gasteiger partial charge in [0.05, 0.1) is 18.4 Å². The van der Waals surface area contributed by atoms with Crippen LogP contribution < -0.4 is 0 Å². The van der Waals surface area contributed by atoms with Crippen molar-refractivity contribution in [1.82, 2.24) is 4.90 Å². The first kappa shape index (κ1) is 15.3. The normalized spacial score (nSPS) is 21.7. The number of carboxylic acids is 1. The van der Waals surface area contributed by atoms with Crippen LogP contribution in [0.25, 0.3) is 0 Å². The first-order valence-electron chi connectivity index (χ1n) is 6.34. The van der Waals surface area contributed by atoms with Crippen LogP contribution in [0.1, 0.15) is 17.7 Å². The van der Waals surface area contributed by atoms with Crippen LogP contribution in [0, 0.1) is 11.8 Å². The van der Waals surface area contributed by atoms with Gasteiger partial charge < -0.3 is 10.0 Å². The highest BCUT2D eigenvalue weighted by atomic mass is 79.9. The quantitative estimate of drug-likeness (QED) is 0.842. The van der Waals surface area contributed by atoms with Crippen LogP contribution in [0.3, 0.4) is 0 Å². The smallest absolute Gasteiger partial charge is 0.307 e. The van der Waals surface area contributed by atoms with Crippen molar-refractivity contribution in [3.63, 3.8) is 0 Å². The molecule has 1 amide bonds. The number of carbonyl (C=O) groups is 2. The predicted octanol–water partition coefficient (Wildman–Crippen LogP) is 3.14. The van der Waals surface area contributed by atoms with Crippen LogP contribution in [-0.4, -0.2) is 28.9 Å².